The molecular weight excluding hydrogens is 1060 g/mol. The summed E-state index contributed by atoms with van der Waals surface area (Å²) in [6, 6.07) is 8.32. The predicted octanol–water partition coefficient (Wildman–Crippen LogP) is 6.93. The van der Waals surface area contributed by atoms with Gasteiger partial charge < -0.3 is 30.2 Å². The van der Waals surface area contributed by atoms with Gasteiger partial charge in [-0.3, -0.25) is 33.2 Å². The van der Waals surface area contributed by atoms with E-state index >= 15 is 0 Å². The number of carbonyl (C=O) groups is 3. The molecule has 418 valence electrons. The first-order valence-electron chi connectivity index (χ1n) is 26.1. The second kappa shape index (κ2) is 21.9. The molecule has 1 amide bonds. The molecule has 4 aromatic rings. The van der Waals surface area contributed by atoms with Gasteiger partial charge in [-0.2, -0.15) is 16.8 Å². The number of ketones is 2. The number of nitrogens with one attached hydrogen (secondary N) is 2. The Balaban J connectivity index is 0.000000205. The van der Waals surface area contributed by atoms with Crippen LogP contribution in [0.3, 0.4) is 0 Å². The monoisotopic (exact) mass is 1130 g/mol. The average Bonchev–Trinajstić information content (AvgIpc) is 4.16. The lowest BCUT2D eigenvalue weighted by Gasteiger charge is -2.47. The second-order valence-electron chi connectivity index (χ2n) is 23.3. The van der Waals surface area contributed by atoms with E-state index < -0.39 is 48.7 Å². The molecule has 6 aliphatic rings. The Hall–Kier alpha value is -4.04. The standard InChI is InChI=1S/C33H40FN5O5S2.2C10H16O4S/c1-20(2)30-36-25(18-45-30)31(42)39-13-14-44-33(19-39)8-11-38(12-9-33)17-21-3-5-24(34)22(15-21)7-10-35-16-27(41)23-4-6-26(40)28-29(23)46-32(43)37-28;2*1-9(2)7-3-4-10(9,8(11)5-7)6-15(12,13)14/h3-6,15,18,20,27,35,40-41H,7-14,16-17,19H2,1-2H3,(H,37,43);2*7H,3-6H2,1-2H3,(H,12,13,14)/t27-;;/m1../s1. The number of hydrogen-bond donors (Lipinski definition) is 6. The highest BCUT2D eigenvalue weighted by molar-refractivity contribution is 7.86. The molecule has 2 aromatic heterocycles. The molecule has 6 N–H and O–H groups in total. The first-order valence-corrected chi connectivity index (χ1v) is 31.0. The summed E-state index contributed by atoms with van der Waals surface area (Å²) >= 11 is 2.48. The predicted molar refractivity (Wildman–Crippen MR) is 287 cm³/mol. The highest BCUT2D eigenvalue weighted by Crippen LogP contribution is 2.65. The van der Waals surface area contributed by atoms with E-state index in [4.69, 9.17) is 13.8 Å². The number of rotatable bonds is 14. The molecule has 23 heteroatoms. The van der Waals surface area contributed by atoms with Crippen LogP contribution in [0.1, 0.15) is 137 Å². The average molecular weight is 1130 g/mol. The maximum Gasteiger partial charge on any atom is 0.305 e. The number of aromatic amines is 1. The van der Waals surface area contributed by atoms with Crippen molar-refractivity contribution in [2.24, 2.45) is 33.5 Å². The Labute approximate surface area is 451 Å². The van der Waals surface area contributed by atoms with Gasteiger partial charge in [0.2, 0.25) is 0 Å². The minimum absolute atomic E-state index is 0.0152. The molecule has 1 spiro atoms. The molecule has 4 unspecified atom stereocenters. The van der Waals surface area contributed by atoms with Gasteiger partial charge in [-0.1, -0.05) is 71.1 Å². The van der Waals surface area contributed by atoms with Crippen molar-refractivity contribution in [3.05, 3.63) is 78.6 Å². The highest BCUT2D eigenvalue weighted by atomic mass is 32.2. The third-order valence-corrected chi connectivity index (χ3v) is 21.8. The summed E-state index contributed by atoms with van der Waals surface area (Å²) in [5, 5.41) is 26.8. The van der Waals surface area contributed by atoms with Crippen molar-refractivity contribution in [3.63, 3.8) is 0 Å². The minimum atomic E-state index is -4.08. The number of aliphatic hydroxyl groups is 1. The number of phenolic OH excluding ortho intramolecular Hbond substituents is 1. The maximum atomic E-state index is 14.7. The van der Waals surface area contributed by atoms with Crippen molar-refractivity contribution in [2.45, 2.75) is 123 Å². The number of thiazole rings is 2. The van der Waals surface area contributed by atoms with Gasteiger partial charge in [-0.25, -0.2) is 9.37 Å². The molecular formula is C53H72FN5O13S4. The van der Waals surface area contributed by atoms with Gasteiger partial charge in [0, 0.05) is 62.4 Å². The molecule has 10 rings (SSSR count). The van der Waals surface area contributed by atoms with Gasteiger partial charge in [-0.15, -0.1) is 11.3 Å². The van der Waals surface area contributed by atoms with Crippen LogP contribution in [-0.2, 0) is 47.5 Å². The summed E-state index contributed by atoms with van der Waals surface area (Å²) in [7, 11) is -8.15. The largest absolute Gasteiger partial charge is 0.506 e. The van der Waals surface area contributed by atoms with Gasteiger partial charge in [0.15, 0.2) is 0 Å². The topological polar surface area (TPSA) is 274 Å². The van der Waals surface area contributed by atoms with E-state index in [1.54, 1.807) is 6.07 Å². The van der Waals surface area contributed by atoms with Crippen LogP contribution < -0.4 is 10.2 Å². The molecule has 5 atom stereocenters. The summed E-state index contributed by atoms with van der Waals surface area (Å²) in [5.41, 5.74) is 0.453. The summed E-state index contributed by atoms with van der Waals surface area (Å²) in [6.07, 6.45) is 5.14. The van der Waals surface area contributed by atoms with E-state index in [1.807, 2.05) is 50.1 Å². The highest BCUT2D eigenvalue weighted by Gasteiger charge is 2.66. The Morgan fingerprint density at radius 2 is 1.51 bits per heavy atom. The fraction of sp³-hybridized carbons (Fsp3) is 0.642. The molecule has 6 fully saturated rings. The maximum absolute atomic E-state index is 14.7. The number of aromatic nitrogens is 2. The van der Waals surface area contributed by atoms with Crippen LogP contribution in [0.2, 0.25) is 0 Å². The van der Waals surface area contributed by atoms with E-state index in [-0.39, 0.29) is 68.7 Å². The fourth-order valence-corrected chi connectivity index (χ4v) is 17.5. The van der Waals surface area contributed by atoms with Crippen molar-refractivity contribution in [3.8, 4) is 5.75 Å². The van der Waals surface area contributed by atoms with Gasteiger partial charge in [-0.05, 0) is 97.4 Å². The van der Waals surface area contributed by atoms with Gasteiger partial charge in [0.1, 0.15) is 34.3 Å². The number of aliphatic hydroxyl groups excluding tert-OH is 1. The van der Waals surface area contributed by atoms with Crippen molar-refractivity contribution in [2.75, 3.05) is 57.4 Å². The molecule has 4 heterocycles. The second-order valence-corrected chi connectivity index (χ2v) is 28.1. The normalized spacial score (nSPS) is 26.0. The lowest BCUT2D eigenvalue weighted by atomic mass is 9.70. The van der Waals surface area contributed by atoms with Crippen molar-refractivity contribution >= 4 is 70.6 Å². The number of piperidine rings is 1. The third-order valence-electron chi connectivity index (χ3n) is 18.0. The van der Waals surface area contributed by atoms with Crippen LogP contribution in [0.5, 0.6) is 5.75 Å². The fourth-order valence-electron chi connectivity index (χ4n) is 13.1. The summed E-state index contributed by atoms with van der Waals surface area (Å²) < 4.78 is 83.5. The van der Waals surface area contributed by atoms with Crippen LogP contribution in [-0.4, -0.2) is 136 Å². The van der Waals surface area contributed by atoms with Gasteiger partial charge >= 0.3 is 4.87 Å². The number of carbonyl (C=O) groups excluding carboxylic acids is 3. The molecule has 76 heavy (non-hydrogen) atoms. The van der Waals surface area contributed by atoms with Gasteiger partial charge in [0.05, 0.1) is 56.9 Å². The number of aromatic hydroxyl groups is 1. The number of benzene rings is 2. The zero-order valence-corrected chi connectivity index (χ0v) is 47.3. The Morgan fingerprint density at radius 3 is 2.04 bits per heavy atom. The molecule has 2 saturated heterocycles. The van der Waals surface area contributed by atoms with Crippen molar-refractivity contribution in [1.29, 1.82) is 0 Å². The quantitative estimate of drug-likeness (QED) is 0.0552. The van der Waals surface area contributed by atoms with Gasteiger partial charge in [0.25, 0.3) is 26.1 Å². The minimum Gasteiger partial charge on any atom is -0.506 e. The zero-order chi connectivity index (χ0) is 55.4. The van der Waals surface area contributed by atoms with E-state index in [0.29, 0.717) is 97.8 Å². The van der Waals surface area contributed by atoms with Crippen molar-refractivity contribution in [1.82, 2.24) is 25.1 Å². The number of ether oxygens (including phenoxy) is 1. The lowest BCUT2D eigenvalue weighted by Crippen LogP contribution is -2.58. The number of amides is 1. The molecule has 2 aromatic carbocycles. The SMILES string of the molecule is CC(C)c1nc(C(=O)N2CCOC3(CCN(Cc4ccc(F)c(CCNC[C@@H](O)c5ccc(O)c6[nH]c(=O)sc56)c4)CC3)C2)cs1.CC1(C)C2CCC1(CS(=O)(=O)O)C(=O)C2.CC1(C)C2CCC1(CS(=O)(=O)O)C(=O)C2. The van der Waals surface area contributed by atoms with E-state index in [9.17, 15) is 50.6 Å². The molecule has 4 saturated carbocycles. The van der Waals surface area contributed by atoms with Crippen LogP contribution in [0, 0.1) is 39.3 Å². The number of Topliss-reactive ketones (excluding diaryl/α,β-unsaturated/α-hetero) is 2. The first kappa shape index (κ1) is 58.1. The van der Waals surface area contributed by atoms with Crippen LogP contribution in [0.25, 0.3) is 10.2 Å². The van der Waals surface area contributed by atoms with E-state index in [1.165, 1.54) is 23.5 Å². The van der Waals surface area contributed by atoms with E-state index in [0.717, 1.165) is 60.7 Å². The number of halogens is 1. The molecule has 18 nitrogen and oxygen atoms in total. The van der Waals surface area contributed by atoms with Crippen LogP contribution in [0.15, 0.2) is 40.5 Å². The Kier molecular flexibility index (Phi) is 16.7. The molecule has 4 aliphatic carbocycles. The first-order chi connectivity index (χ1) is 35.5. The third kappa shape index (κ3) is 11.8. The number of nitrogens with zero attached hydrogens (tertiary/aromatic N) is 3. The lowest BCUT2D eigenvalue weighted by molar-refractivity contribution is -0.128. The Morgan fingerprint density at radius 1 is 0.908 bits per heavy atom. The number of H-pyrrole nitrogens is 1. The summed E-state index contributed by atoms with van der Waals surface area (Å²) in [4.78, 5) is 59.9. The molecule has 0 radical (unpaired) electrons. The van der Waals surface area contributed by atoms with E-state index in [2.05, 4.69) is 34.0 Å². The van der Waals surface area contributed by atoms with Crippen LogP contribution >= 0.6 is 22.7 Å². The van der Waals surface area contributed by atoms with Crippen molar-refractivity contribution < 1.29 is 59.7 Å². The summed E-state index contributed by atoms with van der Waals surface area (Å²) in [6.45, 7) is 16.6. The molecule has 2 aliphatic heterocycles. The smallest absolute Gasteiger partial charge is 0.305 e. The molecule has 4 bridgehead atoms. The summed E-state index contributed by atoms with van der Waals surface area (Å²) in [5.74, 6) is -0.226. The van der Waals surface area contributed by atoms with Crippen LogP contribution in [0.4, 0.5) is 4.39 Å². The number of morpholine rings is 1. The number of likely N-dealkylation sites (tertiary alicyclic amines) is 1. The Bertz CT molecular complexity index is 3050. The zero-order valence-electron chi connectivity index (χ0n) is 44.0. The number of fused-ring (bicyclic) bond motifs is 5. The number of hydrogen-bond acceptors (Lipinski definition) is 16. The number of phenols is 1.